The maximum atomic E-state index is 13.9. The molecule has 4 heterocycles. The Labute approximate surface area is 185 Å². The van der Waals surface area contributed by atoms with Gasteiger partial charge < -0.3 is 15.2 Å². The van der Waals surface area contributed by atoms with E-state index in [4.69, 9.17) is 15.1 Å². The number of halogens is 1. The minimum atomic E-state index is -0.242. The molecule has 1 saturated carbocycles. The van der Waals surface area contributed by atoms with Crippen molar-refractivity contribution in [3.63, 3.8) is 0 Å². The summed E-state index contributed by atoms with van der Waals surface area (Å²) in [4.78, 5) is 20.0. The number of H-pyrrole nitrogens is 1. The summed E-state index contributed by atoms with van der Waals surface area (Å²) in [6.45, 7) is 4.31. The molecule has 2 fully saturated rings. The molecule has 2 N–H and O–H groups in total. The fraction of sp³-hybridized carbons (Fsp3) is 0.478. The maximum Gasteiger partial charge on any atom is 0.179 e. The van der Waals surface area contributed by atoms with Crippen molar-refractivity contribution in [3.8, 4) is 0 Å². The quantitative estimate of drug-likeness (QED) is 0.495. The number of benzene rings is 1. The average Bonchev–Trinajstić information content (AvgIpc) is 3.47. The van der Waals surface area contributed by atoms with E-state index in [2.05, 4.69) is 31.9 Å². The first-order valence-corrected chi connectivity index (χ1v) is 11.4. The highest BCUT2D eigenvalue weighted by Gasteiger charge is 2.28. The predicted octanol–water partition coefficient (Wildman–Crippen LogP) is 3.91. The van der Waals surface area contributed by atoms with Crippen molar-refractivity contribution in [2.45, 2.75) is 51.1 Å². The number of nitrogens with zero attached hydrogens (tertiary/aromatic N) is 6. The van der Waals surface area contributed by atoms with Crippen molar-refractivity contribution in [3.05, 3.63) is 41.2 Å². The highest BCUT2D eigenvalue weighted by Crippen LogP contribution is 2.39. The number of imidazole rings is 1. The third-order valence-corrected chi connectivity index (χ3v) is 6.77. The maximum absolute atomic E-state index is 13.9. The molecule has 6 rings (SSSR count). The Hall–Kier alpha value is -3.07. The SMILES string of the molecule is Cc1c(F)ccc2[nH]c(CNc3nn(C4CCN(C)CC4)c4nc(C5CC5)cnc34)nc12. The second kappa shape index (κ2) is 7.51. The number of piperidine rings is 1. The zero-order chi connectivity index (χ0) is 21.8. The first-order valence-electron chi connectivity index (χ1n) is 11.4. The summed E-state index contributed by atoms with van der Waals surface area (Å²) >= 11 is 0. The molecule has 0 spiro atoms. The number of hydrogen-bond donors (Lipinski definition) is 2. The number of nitrogens with one attached hydrogen (secondary N) is 2. The molecule has 0 amide bonds. The van der Waals surface area contributed by atoms with E-state index in [1.54, 1.807) is 13.0 Å². The van der Waals surface area contributed by atoms with Crippen molar-refractivity contribution in [1.82, 2.24) is 34.6 Å². The van der Waals surface area contributed by atoms with Gasteiger partial charge in [-0.2, -0.15) is 5.10 Å². The van der Waals surface area contributed by atoms with Crippen LogP contribution >= 0.6 is 0 Å². The molecule has 1 aliphatic carbocycles. The van der Waals surface area contributed by atoms with Gasteiger partial charge in [0.1, 0.15) is 11.6 Å². The Balaban J connectivity index is 1.32. The van der Waals surface area contributed by atoms with Gasteiger partial charge in [0.05, 0.1) is 29.3 Å². The molecule has 32 heavy (non-hydrogen) atoms. The van der Waals surface area contributed by atoms with Gasteiger partial charge in [-0.25, -0.2) is 24.0 Å². The fourth-order valence-corrected chi connectivity index (χ4v) is 4.60. The van der Waals surface area contributed by atoms with Gasteiger partial charge in [0.25, 0.3) is 0 Å². The normalized spacial score (nSPS) is 18.1. The lowest BCUT2D eigenvalue weighted by molar-refractivity contribution is 0.215. The molecule has 8 nitrogen and oxygen atoms in total. The highest BCUT2D eigenvalue weighted by atomic mass is 19.1. The smallest absolute Gasteiger partial charge is 0.179 e. The van der Waals surface area contributed by atoms with E-state index in [1.165, 1.54) is 18.9 Å². The number of hydrogen-bond acceptors (Lipinski definition) is 6. The third-order valence-electron chi connectivity index (χ3n) is 6.77. The summed E-state index contributed by atoms with van der Waals surface area (Å²) in [5, 5.41) is 8.32. The van der Waals surface area contributed by atoms with Crippen LogP contribution in [0.2, 0.25) is 0 Å². The van der Waals surface area contributed by atoms with Gasteiger partial charge in [-0.3, -0.25) is 0 Å². The van der Waals surface area contributed by atoms with Gasteiger partial charge in [-0.05, 0) is 64.9 Å². The molecular formula is C23H27FN8. The van der Waals surface area contributed by atoms with Crippen molar-refractivity contribution < 1.29 is 4.39 Å². The van der Waals surface area contributed by atoms with Gasteiger partial charge in [-0.15, -0.1) is 0 Å². The number of likely N-dealkylation sites (tertiary alicyclic amines) is 1. The lowest BCUT2D eigenvalue weighted by Gasteiger charge is -2.29. The lowest BCUT2D eigenvalue weighted by atomic mass is 10.1. The van der Waals surface area contributed by atoms with Crippen molar-refractivity contribution in [2.24, 2.45) is 0 Å². The van der Waals surface area contributed by atoms with Crippen LogP contribution in [0.25, 0.3) is 22.2 Å². The average molecular weight is 435 g/mol. The molecule has 166 valence electrons. The first-order chi connectivity index (χ1) is 15.6. The number of aromatic amines is 1. The van der Waals surface area contributed by atoms with Gasteiger partial charge in [0.2, 0.25) is 0 Å². The summed E-state index contributed by atoms with van der Waals surface area (Å²) in [7, 11) is 2.16. The van der Waals surface area contributed by atoms with Crippen LogP contribution in [0.4, 0.5) is 10.2 Å². The molecule has 2 aliphatic rings. The Morgan fingerprint density at radius 1 is 1.12 bits per heavy atom. The van der Waals surface area contributed by atoms with Gasteiger partial charge >= 0.3 is 0 Å². The monoisotopic (exact) mass is 434 g/mol. The van der Waals surface area contributed by atoms with Gasteiger partial charge in [0, 0.05) is 17.7 Å². The number of aromatic nitrogens is 6. The van der Waals surface area contributed by atoms with Crippen molar-refractivity contribution in [1.29, 1.82) is 0 Å². The highest BCUT2D eigenvalue weighted by molar-refractivity contribution is 5.84. The van der Waals surface area contributed by atoms with Crippen LogP contribution < -0.4 is 5.32 Å². The van der Waals surface area contributed by atoms with Crippen LogP contribution in [0.3, 0.4) is 0 Å². The van der Waals surface area contributed by atoms with E-state index in [0.29, 0.717) is 29.6 Å². The van der Waals surface area contributed by atoms with Crippen LogP contribution in [0, 0.1) is 12.7 Å². The summed E-state index contributed by atoms with van der Waals surface area (Å²) in [5.41, 5.74) is 4.79. The zero-order valence-corrected chi connectivity index (χ0v) is 18.4. The molecule has 3 aromatic heterocycles. The van der Waals surface area contributed by atoms with Gasteiger partial charge in [-0.1, -0.05) is 0 Å². The van der Waals surface area contributed by atoms with E-state index in [-0.39, 0.29) is 5.82 Å². The number of aryl methyl sites for hydroxylation is 1. The summed E-state index contributed by atoms with van der Waals surface area (Å²) < 4.78 is 16.0. The largest absolute Gasteiger partial charge is 0.360 e. The van der Waals surface area contributed by atoms with Crippen LogP contribution in [0.15, 0.2) is 18.3 Å². The number of fused-ring (bicyclic) bond motifs is 2. The molecule has 0 radical (unpaired) electrons. The van der Waals surface area contributed by atoms with E-state index in [0.717, 1.165) is 59.9 Å². The Kier molecular flexibility index (Phi) is 4.60. The van der Waals surface area contributed by atoms with Crippen molar-refractivity contribution >= 4 is 28.0 Å². The standard InChI is InChI=1S/C23H27FN8/c1-13-16(24)5-6-17-20(13)29-19(27-17)12-26-22-21-23(28-18(11-25-21)14-3-4-14)32(30-22)15-7-9-31(2)10-8-15/h5-6,11,14-15H,3-4,7-10,12H2,1-2H3,(H,26,30)(H,27,29). The van der Waals surface area contributed by atoms with E-state index < -0.39 is 0 Å². The lowest BCUT2D eigenvalue weighted by Crippen LogP contribution is -2.32. The first kappa shape index (κ1) is 19.6. The molecular weight excluding hydrogens is 407 g/mol. The molecule has 0 unspecified atom stereocenters. The fourth-order valence-electron chi connectivity index (χ4n) is 4.60. The molecule has 1 aromatic carbocycles. The Morgan fingerprint density at radius 3 is 2.72 bits per heavy atom. The minimum absolute atomic E-state index is 0.242. The van der Waals surface area contributed by atoms with Crippen LogP contribution in [-0.4, -0.2) is 54.8 Å². The van der Waals surface area contributed by atoms with Crippen molar-refractivity contribution in [2.75, 3.05) is 25.5 Å². The molecule has 1 aliphatic heterocycles. The number of anilines is 1. The van der Waals surface area contributed by atoms with Gasteiger partial charge in [0.15, 0.2) is 17.0 Å². The second-order valence-electron chi connectivity index (χ2n) is 9.17. The summed E-state index contributed by atoms with van der Waals surface area (Å²) in [5.74, 6) is 1.76. The molecule has 4 aromatic rings. The zero-order valence-electron chi connectivity index (χ0n) is 18.4. The summed E-state index contributed by atoms with van der Waals surface area (Å²) in [6.07, 6.45) is 6.39. The molecule has 1 saturated heterocycles. The van der Waals surface area contributed by atoms with Crippen LogP contribution in [0.5, 0.6) is 0 Å². The number of rotatable bonds is 5. The van der Waals surface area contributed by atoms with Crippen LogP contribution in [0.1, 0.15) is 54.7 Å². The summed E-state index contributed by atoms with van der Waals surface area (Å²) in [6, 6.07) is 3.52. The van der Waals surface area contributed by atoms with E-state index in [9.17, 15) is 4.39 Å². The minimum Gasteiger partial charge on any atom is -0.360 e. The Morgan fingerprint density at radius 2 is 1.94 bits per heavy atom. The molecule has 0 bridgehead atoms. The predicted molar refractivity (Wildman–Crippen MR) is 121 cm³/mol. The van der Waals surface area contributed by atoms with Crippen LogP contribution in [-0.2, 0) is 6.54 Å². The molecule has 9 heteroatoms. The Bertz CT molecular complexity index is 1300. The van der Waals surface area contributed by atoms with E-state index in [1.807, 2.05) is 6.20 Å². The third kappa shape index (κ3) is 3.40. The molecule has 0 atom stereocenters. The topological polar surface area (TPSA) is 87.5 Å². The second-order valence-corrected chi connectivity index (χ2v) is 9.17. The van der Waals surface area contributed by atoms with E-state index >= 15 is 0 Å².